The number of nitrogens with one attached hydrogen (secondary N) is 1. The fraction of sp³-hybridized carbons (Fsp3) is 0.308. The molecular formula is C13H15ClN4O. The van der Waals surface area contributed by atoms with E-state index in [9.17, 15) is 0 Å². The van der Waals surface area contributed by atoms with Crippen LogP contribution in [0.2, 0.25) is 5.02 Å². The van der Waals surface area contributed by atoms with Gasteiger partial charge in [-0.2, -0.15) is 4.98 Å². The van der Waals surface area contributed by atoms with Gasteiger partial charge in [0, 0.05) is 24.9 Å². The van der Waals surface area contributed by atoms with E-state index in [1.807, 2.05) is 6.92 Å². The van der Waals surface area contributed by atoms with Crippen LogP contribution in [0.4, 0.5) is 5.82 Å². The van der Waals surface area contributed by atoms with Gasteiger partial charge in [0.05, 0.1) is 11.2 Å². The van der Waals surface area contributed by atoms with E-state index in [1.165, 1.54) is 0 Å². The number of nitrogens with zero attached hydrogens (tertiary/aromatic N) is 3. The van der Waals surface area contributed by atoms with Gasteiger partial charge in [-0.25, -0.2) is 4.98 Å². The Bertz CT molecular complexity index is 562. The standard InChI is InChI=1S/C13H15ClN4O/c1-3-4-16-12-6-13(18-9(2)17-12)19-11-5-10(14)7-15-8-11/h5-8H,3-4H2,1-2H3,(H,16,17,18). The zero-order chi connectivity index (χ0) is 13.7. The van der Waals surface area contributed by atoms with Gasteiger partial charge in [-0.15, -0.1) is 0 Å². The average molecular weight is 279 g/mol. The lowest BCUT2D eigenvalue weighted by Gasteiger charge is -2.08. The maximum atomic E-state index is 5.85. The molecule has 2 aromatic heterocycles. The minimum absolute atomic E-state index is 0.468. The summed E-state index contributed by atoms with van der Waals surface area (Å²) in [7, 11) is 0. The largest absolute Gasteiger partial charge is 0.437 e. The molecule has 100 valence electrons. The minimum Gasteiger partial charge on any atom is -0.437 e. The number of anilines is 1. The number of halogens is 1. The quantitative estimate of drug-likeness (QED) is 0.908. The molecular weight excluding hydrogens is 264 g/mol. The first-order chi connectivity index (χ1) is 9.17. The van der Waals surface area contributed by atoms with Crippen molar-refractivity contribution >= 4 is 17.4 Å². The Hall–Kier alpha value is -1.88. The smallest absolute Gasteiger partial charge is 0.224 e. The van der Waals surface area contributed by atoms with Crippen LogP contribution in [-0.4, -0.2) is 21.5 Å². The van der Waals surface area contributed by atoms with E-state index >= 15 is 0 Å². The van der Waals surface area contributed by atoms with Gasteiger partial charge in [-0.1, -0.05) is 18.5 Å². The van der Waals surface area contributed by atoms with Crippen molar-refractivity contribution in [2.24, 2.45) is 0 Å². The van der Waals surface area contributed by atoms with Gasteiger partial charge >= 0.3 is 0 Å². The van der Waals surface area contributed by atoms with Gasteiger partial charge in [-0.05, 0) is 13.3 Å². The van der Waals surface area contributed by atoms with Crippen molar-refractivity contribution in [3.05, 3.63) is 35.4 Å². The molecule has 0 aliphatic carbocycles. The Morgan fingerprint density at radius 2 is 2.11 bits per heavy atom. The van der Waals surface area contributed by atoms with Gasteiger partial charge in [0.1, 0.15) is 17.4 Å². The van der Waals surface area contributed by atoms with Crippen LogP contribution >= 0.6 is 11.6 Å². The van der Waals surface area contributed by atoms with E-state index < -0.39 is 0 Å². The number of hydrogen-bond donors (Lipinski definition) is 1. The second-order valence-corrected chi connectivity index (χ2v) is 4.44. The SMILES string of the molecule is CCCNc1cc(Oc2cncc(Cl)c2)nc(C)n1. The van der Waals surface area contributed by atoms with E-state index in [1.54, 1.807) is 24.5 Å². The molecule has 0 fully saturated rings. The van der Waals surface area contributed by atoms with Crippen molar-refractivity contribution in [3.63, 3.8) is 0 Å². The highest BCUT2D eigenvalue weighted by Gasteiger charge is 2.04. The lowest BCUT2D eigenvalue weighted by molar-refractivity contribution is 0.458. The monoisotopic (exact) mass is 278 g/mol. The summed E-state index contributed by atoms with van der Waals surface area (Å²) >= 11 is 5.85. The Kier molecular flexibility index (Phi) is 4.52. The second-order valence-electron chi connectivity index (χ2n) is 4.01. The molecule has 1 N–H and O–H groups in total. The summed E-state index contributed by atoms with van der Waals surface area (Å²) in [6.07, 6.45) is 4.16. The van der Waals surface area contributed by atoms with Crippen LogP contribution in [0.25, 0.3) is 0 Å². The van der Waals surface area contributed by atoms with Crippen molar-refractivity contribution in [2.45, 2.75) is 20.3 Å². The number of hydrogen-bond acceptors (Lipinski definition) is 5. The zero-order valence-electron chi connectivity index (χ0n) is 10.9. The van der Waals surface area contributed by atoms with E-state index in [0.29, 0.717) is 22.5 Å². The first-order valence-corrected chi connectivity index (χ1v) is 6.43. The van der Waals surface area contributed by atoms with Gasteiger partial charge in [-0.3, -0.25) is 4.98 Å². The van der Waals surface area contributed by atoms with Crippen molar-refractivity contribution in [1.82, 2.24) is 15.0 Å². The van der Waals surface area contributed by atoms with Gasteiger partial charge < -0.3 is 10.1 Å². The minimum atomic E-state index is 0.468. The molecule has 0 aliphatic heterocycles. The van der Waals surface area contributed by atoms with Crippen LogP contribution < -0.4 is 10.1 Å². The number of aromatic nitrogens is 3. The Balaban J connectivity index is 2.17. The predicted molar refractivity (Wildman–Crippen MR) is 74.9 cm³/mol. The highest BCUT2D eigenvalue weighted by Crippen LogP contribution is 2.23. The third-order valence-electron chi connectivity index (χ3n) is 2.27. The zero-order valence-corrected chi connectivity index (χ0v) is 11.6. The van der Waals surface area contributed by atoms with Gasteiger partial charge in [0.25, 0.3) is 0 Å². The summed E-state index contributed by atoms with van der Waals surface area (Å²) in [6.45, 7) is 4.77. The maximum Gasteiger partial charge on any atom is 0.224 e. The highest BCUT2D eigenvalue weighted by molar-refractivity contribution is 6.30. The first-order valence-electron chi connectivity index (χ1n) is 6.05. The summed E-state index contributed by atoms with van der Waals surface area (Å²) < 4.78 is 5.62. The van der Waals surface area contributed by atoms with Gasteiger partial charge in [0.15, 0.2) is 0 Å². The van der Waals surface area contributed by atoms with Crippen LogP contribution in [0.1, 0.15) is 19.2 Å². The molecule has 0 amide bonds. The fourth-order valence-electron chi connectivity index (χ4n) is 1.51. The average Bonchev–Trinajstić information content (AvgIpc) is 2.35. The molecule has 0 aliphatic rings. The van der Waals surface area contributed by atoms with Crippen molar-refractivity contribution in [3.8, 4) is 11.6 Å². The molecule has 0 saturated carbocycles. The molecule has 2 rings (SSSR count). The lowest BCUT2D eigenvalue weighted by atomic mass is 10.4. The van der Waals surface area contributed by atoms with E-state index in [-0.39, 0.29) is 0 Å². The normalized spacial score (nSPS) is 10.3. The van der Waals surface area contributed by atoms with Crippen molar-refractivity contribution < 1.29 is 4.74 Å². The Labute approximate surface area is 117 Å². The van der Waals surface area contributed by atoms with E-state index in [4.69, 9.17) is 16.3 Å². The third kappa shape index (κ3) is 4.06. The molecule has 0 bridgehead atoms. The fourth-order valence-corrected chi connectivity index (χ4v) is 1.67. The Morgan fingerprint density at radius 1 is 1.26 bits per heavy atom. The molecule has 2 aromatic rings. The number of rotatable bonds is 5. The summed E-state index contributed by atoms with van der Waals surface area (Å²) in [4.78, 5) is 12.5. The van der Waals surface area contributed by atoms with Crippen LogP contribution in [0.15, 0.2) is 24.5 Å². The number of ether oxygens (including phenoxy) is 1. The second kappa shape index (κ2) is 6.33. The molecule has 0 radical (unpaired) electrons. The molecule has 0 saturated heterocycles. The topological polar surface area (TPSA) is 59.9 Å². The molecule has 5 nitrogen and oxygen atoms in total. The number of aryl methyl sites for hydroxylation is 1. The summed E-state index contributed by atoms with van der Waals surface area (Å²) in [6, 6.07) is 3.44. The van der Waals surface area contributed by atoms with Crippen LogP contribution in [0, 0.1) is 6.92 Å². The van der Waals surface area contributed by atoms with Crippen LogP contribution in [0.3, 0.4) is 0 Å². The molecule has 2 heterocycles. The lowest BCUT2D eigenvalue weighted by Crippen LogP contribution is -2.04. The van der Waals surface area contributed by atoms with E-state index in [0.717, 1.165) is 18.8 Å². The molecule has 0 spiro atoms. The number of pyridine rings is 1. The maximum absolute atomic E-state index is 5.85. The van der Waals surface area contributed by atoms with Crippen LogP contribution in [0.5, 0.6) is 11.6 Å². The van der Waals surface area contributed by atoms with Crippen molar-refractivity contribution in [1.29, 1.82) is 0 Å². The van der Waals surface area contributed by atoms with E-state index in [2.05, 4.69) is 27.2 Å². The van der Waals surface area contributed by atoms with Crippen molar-refractivity contribution in [2.75, 3.05) is 11.9 Å². The summed E-state index contributed by atoms with van der Waals surface area (Å²) in [5, 5.41) is 3.72. The third-order valence-corrected chi connectivity index (χ3v) is 2.48. The van der Waals surface area contributed by atoms with Crippen LogP contribution in [-0.2, 0) is 0 Å². The highest BCUT2D eigenvalue weighted by atomic mass is 35.5. The first kappa shape index (κ1) is 13.5. The molecule has 6 heteroatoms. The molecule has 19 heavy (non-hydrogen) atoms. The molecule has 0 atom stereocenters. The summed E-state index contributed by atoms with van der Waals surface area (Å²) in [5.41, 5.74) is 0. The predicted octanol–water partition coefficient (Wildman–Crippen LogP) is 3.45. The van der Waals surface area contributed by atoms with Gasteiger partial charge in [0.2, 0.25) is 5.88 Å². The molecule has 0 aromatic carbocycles. The molecule has 0 unspecified atom stereocenters. The summed E-state index contributed by atoms with van der Waals surface area (Å²) in [5.74, 6) is 2.41. The Morgan fingerprint density at radius 3 is 2.84 bits per heavy atom.